The van der Waals surface area contributed by atoms with Gasteiger partial charge in [-0.2, -0.15) is 0 Å². The van der Waals surface area contributed by atoms with Crippen LogP contribution < -0.4 is 0 Å². The van der Waals surface area contributed by atoms with Crippen LogP contribution in [0.3, 0.4) is 0 Å². The molecule has 0 heterocycles. The third-order valence-electron chi connectivity index (χ3n) is 5.80. The average molecular weight is 284 g/mol. The van der Waals surface area contributed by atoms with Gasteiger partial charge in [-0.25, -0.2) is 0 Å². The van der Waals surface area contributed by atoms with E-state index in [1.54, 1.807) is 0 Å². The Morgan fingerprint density at radius 2 is 1.16 bits per heavy atom. The molecule has 2 aliphatic carbocycles. The van der Waals surface area contributed by atoms with Crippen molar-refractivity contribution in [2.24, 2.45) is 0 Å². The molecule has 0 aromatic rings. The highest BCUT2D eigenvalue weighted by Gasteiger charge is 2.44. The first-order valence-corrected chi connectivity index (χ1v) is 10.7. The average Bonchev–Trinajstić information content (AvgIpc) is 2.50. The van der Waals surface area contributed by atoms with Crippen LogP contribution in [-0.2, 0) is 4.57 Å². The Balaban J connectivity index is 2.21. The van der Waals surface area contributed by atoms with Crippen LogP contribution in [0.2, 0.25) is 0 Å². The summed E-state index contributed by atoms with van der Waals surface area (Å²) in [5.41, 5.74) is 1.71. The fourth-order valence-corrected chi connectivity index (χ4v) is 10.00. The minimum absolute atomic E-state index is 0.527. The minimum Gasteiger partial charge on any atom is -0.323 e. The summed E-state index contributed by atoms with van der Waals surface area (Å²) >= 11 is 0. The largest absolute Gasteiger partial charge is 0.323 e. The van der Waals surface area contributed by atoms with Gasteiger partial charge in [0.05, 0.1) is 7.14 Å². The van der Waals surface area contributed by atoms with Crippen molar-refractivity contribution in [1.29, 1.82) is 0 Å². The van der Waals surface area contributed by atoms with Gasteiger partial charge in [0.15, 0.2) is 0 Å². The Kier molecular flexibility index (Phi) is 6.00. The molecular formula is C17H33OP. The molecule has 19 heavy (non-hydrogen) atoms. The molecule has 0 aromatic carbocycles. The van der Waals surface area contributed by atoms with Crippen molar-refractivity contribution in [1.82, 2.24) is 0 Å². The van der Waals surface area contributed by atoms with Gasteiger partial charge in [-0.3, -0.25) is 0 Å². The van der Waals surface area contributed by atoms with Gasteiger partial charge in [0.25, 0.3) is 0 Å². The lowest BCUT2D eigenvalue weighted by molar-refractivity contribution is 0.437. The molecule has 0 N–H and O–H groups in total. The van der Waals surface area contributed by atoms with E-state index in [1.165, 1.54) is 64.2 Å². The number of rotatable bonds is 5. The standard InChI is InChI=1S/C17H33OP/c1-3-15(4-2)19(18,16-11-7-5-8-12-16)17-13-9-6-10-14-17/h15-17H,3-14H2,1-2H3. The van der Waals surface area contributed by atoms with Crippen molar-refractivity contribution in [3.63, 3.8) is 0 Å². The Morgan fingerprint density at radius 3 is 1.47 bits per heavy atom. The molecule has 0 unspecified atom stereocenters. The zero-order chi connectivity index (χ0) is 13.7. The highest BCUT2D eigenvalue weighted by molar-refractivity contribution is 7.66. The minimum atomic E-state index is -1.98. The second kappa shape index (κ2) is 7.30. The summed E-state index contributed by atoms with van der Waals surface area (Å²) in [4.78, 5) is 0. The SMILES string of the molecule is CCC(CC)P(=O)(C1CCCCC1)C1CCCCC1. The molecule has 2 fully saturated rings. The molecule has 2 heteroatoms. The van der Waals surface area contributed by atoms with Gasteiger partial charge in [-0.1, -0.05) is 52.4 Å². The lowest BCUT2D eigenvalue weighted by atomic mass is 9.99. The van der Waals surface area contributed by atoms with Crippen molar-refractivity contribution in [3.8, 4) is 0 Å². The topological polar surface area (TPSA) is 17.1 Å². The molecule has 1 nitrogen and oxygen atoms in total. The first-order chi connectivity index (χ1) is 9.23. The van der Waals surface area contributed by atoms with E-state index in [0.29, 0.717) is 17.0 Å². The normalized spacial score (nSPS) is 23.9. The van der Waals surface area contributed by atoms with Gasteiger partial charge in [-0.15, -0.1) is 0 Å². The van der Waals surface area contributed by atoms with Gasteiger partial charge in [0, 0.05) is 17.0 Å². The third kappa shape index (κ3) is 3.29. The summed E-state index contributed by atoms with van der Waals surface area (Å²) in [6, 6.07) is 0. The van der Waals surface area contributed by atoms with E-state index < -0.39 is 7.14 Å². The summed E-state index contributed by atoms with van der Waals surface area (Å²) in [5.74, 6) is 0. The number of hydrogen-bond acceptors (Lipinski definition) is 1. The zero-order valence-corrected chi connectivity index (χ0v) is 14.0. The lowest BCUT2D eigenvalue weighted by Crippen LogP contribution is -2.29. The fourth-order valence-electron chi connectivity index (χ4n) is 4.72. The molecule has 0 bridgehead atoms. The molecule has 0 amide bonds. The highest BCUT2D eigenvalue weighted by atomic mass is 31.2. The predicted octanol–water partition coefficient (Wildman–Crippen LogP) is 6.20. The highest BCUT2D eigenvalue weighted by Crippen LogP contribution is 2.67. The zero-order valence-electron chi connectivity index (χ0n) is 13.1. The second-order valence-electron chi connectivity index (χ2n) is 6.82. The molecule has 2 rings (SSSR count). The maximum Gasteiger partial charge on any atom is 0.0964 e. The van der Waals surface area contributed by atoms with Crippen molar-refractivity contribution >= 4 is 7.14 Å². The molecule has 0 aromatic heterocycles. The number of hydrogen-bond donors (Lipinski definition) is 0. The van der Waals surface area contributed by atoms with Crippen molar-refractivity contribution in [3.05, 3.63) is 0 Å². The van der Waals surface area contributed by atoms with Gasteiger partial charge < -0.3 is 4.57 Å². The molecule has 0 aliphatic heterocycles. The van der Waals surface area contributed by atoms with Crippen LogP contribution >= 0.6 is 7.14 Å². The molecule has 112 valence electrons. The Morgan fingerprint density at radius 1 is 0.789 bits per heavy atom. The summed E-state index contributed by atoms with van der Waals surface area (Å²) in [6.07, 6.45) is 15.4. The van der Waals surface area contributed by atoms with Crippen LogP contribution in [0.1, 0.15) is 90.9 Å². The predicted molar refractivity (Wildman–Crippen MR) is 85.7 cm³/mol. The molecule has 0 atom stereocenters. The fraction of sp³-hybridized carbons (Fsp3) is 1.00. The lowest BCUT2D eigenvalue weighted by Gasteiger charge is -2.42. The van der Waals surface area contributed by atoms with Crippen LogP contribution in [0.25, 0.3) is 0 Å². The van der Waals surface area contributed by atoms with E-state index >= 15 is 0 Å². The van der Waals surface area contributed by atoms with Gasteiger partial charge >= 0.3 is 0 Å². The van der Waals surface area contributed by atoms with Crippen molar-refractivity contribution in [2.75, 3.05) is 0 Å². The maximum atomic E-state index is 14.1. The van der Waals surface area contributed by atoms with E-state index in [0.717, 1.165) is 12.8 Å². The van der Waals surface area contributed by atoms with E-state index in [9.17, 15) is 4.57 Å². The first kappa shape index (κ1) is 15.6. The quantitative estimate of drug-likeness (QED) is 0.549. The van der Waals surface area contributed by atoms with E-state index in [4.69, 9.17) is 0 Å². The van der Waals surface area contributed by atoms with E-state index in [2.05, 4.69) is 13.8 Å². The Labute approximate surface area is 120 Å². The first-order valence-electron chi connectivity index (χ1n) is 8.82. The van der Waals surface area contributed by atoms with Crippen LogP contribution in [0.5, 0.6) is 0 Å². The van der Waals surface area contributed by atoms with Crippen LogP contribution in [-0.4, -0.2) is 17.0 Å². The Bertz CT molecular complexity index is 274. The van der Waals surface area contributed by atoms with Gasteiger partial charge in [-0.05, 0) is 38.5 Å². The van der Waals surface area contributed by atoms with Crippen LogP contribution in [0, 0.1) is 0 Å². The molecule has 2 aliphatic rings. The van der Waals surface area contributed by atoms with Gasteiger partial charge in [0.2, 0.25) is 0 Å². The summed E-state index contributed by atoms with van der Waals surface area (Å²) in [6.45, 7) is 4.54. The van der Waals surface area contributed by atoms with E-state index in [1.807, 2.05) is 0 Å². The smallest absolute Gasteiger partial charge is 0.0964 e. The van der Waals surface area contributed by atoms with Gasteiger partial charge in [0.1, 0.15) is 0 Å². The second-order valence-corrected chi connectivity index (χ2v) is 10.5. The molecule has 0 radical (unpaired) electrons. The Hall–Kier alpha value is 0.230. The summed E-state index contributed by atoms with van der Waals surface area (Å²) in [7, 11) is -1.98. The summed E-state index contributed by atoms with van der Waals surface area (Å²) < 4.78 is 14.1. The molecule has 0 saturated heterocycles. The van der Waals surface area contributed by atoms with Crippen molar-refractivity contribution < 1.29 is 4.57 Å². The molecule has 2 saturated carbocycles. The monoisotopic (exact) mass is 284 g/mol. The van der Waals surface area contributed by atoms with Crippen LogP contribution in [0.4, 0.5) is 0 Å². The molecule has 0 spiro atoms. The maximum absolute atomic E-state index is 14.1. The van der Waals surface area contributed by atoms with Crippen molar-refractivity contribution in [2.45, 2.75) is 108 Å². The van der Waals surface area contributed by atoms with Crippen LogP contribution in [0.15, 0.2) is 0 Å². The summed E-state index contributed by atoms with van der Waals surface area (Å²) in [5, 5.41) is 0. The third-order valence-corrected chi connectivity index (χ3v) is 11.0. The van der Waals surface area contributed by atoms with E-state index in [-0.39, 0.29) is 0 Å². The molecular weight excluding hydrogens is 251 g/mol.